The zero-order valence-electron chi connectivity index (χ0n) is 13.4. The fourth-order valence-corrected chi connectivity index (χ4v) is 3.07. The summed E-state index contributed by atoms with van der Waals surface area (Å²) in [4.78, 5) is 9.92. The molecular formula is C19H25N3. The van der Waals surface area contributed by atoms with Crippen LogP contribution in [0.2, 0.25) is 0 Å². The number of aromatic nitrogens is 1. The van der Waals surface area contributed by atoms with Crippen LogP contribution in [0.15, 0.2) is 48.5 Å². The highest BCUT2D eigenvalue weighted by Crippen LogP contribution is 2.17. The van der Waals surface area contributed by atoms with Crippen LogP contribution in [0, 0.1) is 0 Å². The maximum atomic E-state index is 4.85. The van der Waals surface area contributed by atoms with E-state index in [9.17, 15) is 0 Å². The van der Waals surface area contributed by atoms with Gasteiger partial charge in [-0.25, -0.2) is 0 Å². The lowest BCUT2D eigenvalue weighted by atomic mass is 10.1. The second-order valence-electron chi connectivity index (χ2n) is 5.94. The molecule has 0 saturated carbocycles. The Kier molecular flexibility index (Phi) is 5.20. The van der Waals surface area contributed by atoms with Crippen molar-refractivity contribution < 1.29 is 0 Å². The smallest absolute Gasteiger partial charge is 0.0705 e. The van der Waals surface area contributed by atoms with Gasteiger partial charge in [0.1, 0.15) is 0 Å². The molecule has 2 heterocycles. The third-order valence-corrected chi connectivity index (χ3v) is 4.39. The molecule has 3 heteroatoms. The Morgan fingerprint density at radius 3 is 2.45 bits per heavy atom. The van der Waals surface area contributed by atoms with Crippen molar-refractivity contribution in [1.29, 1.82) is 0 Å². The Hall–Kier alpha value is -1.71. The molecule has 0 radical (unpaired) electrons. The molecule has 0 atom stereocenters. The quantitative estimate of drug-likeness (QED) is 0.863. The average molecular weight is 295 g/mol. The summed E-state index contributed by atoms with van der Waals surface area (Å²) in [6.07, 6.45) is 1.26. The molecule has 0 bridgehead atoms. The Balaban J connectivity index is 1.68. The molecule has 1 aliphatic rings. The average Bonchev–Trinajstić information content (AvgIpc) is 2.81. The van der Waals surface area contributed by atoms with Crippen LogP contribution in [-0.4, -0.2) is 47.5 Å². The van der Waals surface area contributed by atoms with Crippen LogP contribution in [0.4, 0.5) is 0 Å². The molecule has 0 amide bonds. The Morgan fingerprint density at radius 1 is 0.864 bits per heavy atom. The number of hydrogen-bond acceptors (Lipinski definition) is 3. The van der Waals surface area contributed by atoms with Crippen LogP contribution in [0.1, 0.15) is 19.0 Å². The second kappa shape index (κ2) is 7.52. The summed E-state index contributed by atoms with van der Waals surface area (Å²) in [5.74, 6) is 0. The molecule has 1 aromatic carbocycles. The molecule has 0 spiro atoms. The van der Waals surface area contributed by atoms with Crippen molar-refractivity contribution in [3.05, 3.63) is 54.2 Å². The fourth-order valence-electron chi connectivity index (χ4n) is 3.07. The van der Waals surface area contributed by atoms with Gasteiger partial charge in [-0.1, -0.05) is 43.3 Å². The van der Waals surface area contributed by atoms with Crippen molar-refractivity contribution >= 4 is 0 Å². The minimum atomic E-state index is 0.957. The Bertz CT molecular complexity index is 582. The van der Waals surface area contributed by atoms with Gasteiger partial charge in [-0.05, 0) is 38.2 Å². The fraction of sp³-hybridized carbons (Fsp3) is 0.421. The molecule has 0 N–H and O–H groups in total. The lowest BCUT2D eigenvalue weighted by Gasteiger charge is -2.20. The van der Waals surface area contributed by atoms with Crippen molar-refractivity contribution in [1.82, 2.24) is 14.8 Å². The SMILES string of the molecule is CCN1CCCN(Cc2cccc(-c3ccccc3)n2)CC1. The maximum absolute atomic E-state index is 4.85. The van der Waals surface area contributed by atoms with Crippen molar-refractivity contribution in [3.8, 4) is 11.3 Å². The molecule has 116 valence electrons. The van der Waals surface area contributed by atoms with Crippen molar-refractivity contribution in [2.75, 3.05) is 32.7 Å². The minimum Gasteiger partial charge on any atom is -0.302 e. The van der Waals surface area contributed by atoms with Crippen LogP contribution >= 0.6 is 0 Å². The van der Waals surface area contributed by atoms with E-state index in [1.54, 1.807) is 0 Å². The van der Waals surface area contributed by atoms with Crippen LogP contribution in [0.25, 0.3) is 11.3 Å². The minimum absolute atomic E-state index is 0.957. The lowest BCUT2D eigenvalue weighted by molar-refractivity contribution is 0.255. The number of nitrogens with zero attached hydrogens (tertiary/aromatic N) is 3. The van der Waals surface area contributed by atoms with Gasteiger partial charge < -0.3 is 4.90 Å². The molecule has 1 aromatic heterocycles. The summed E-state index contributed by atoms with van der Waals surface area (Å²) in [5, 5.41) is 0. The van der Waals surface area contributed by atoms with Crippen LogP contribution < -0.4 is 0 Å². The third-order valence-electron chi connectivity index (χ3n) is 4.39. The number of likely N-dealkylation sites (N-methyl/N-ethyl adjacent to an activating group) is 1. The van der Waals surface area contributed by atoms with E-state index in [2.05, 4.69) is 59.2 Å². The van der Waals surface area contributed by atoms with Crippen molar-refractivity contribution in [2.45, 2.75) is 19.9 Å². The standard InChI is InChI=1S/C19H25N3/c1-2-21-12-7-13-22(15-14-21)16-18-10-6-11-19(20-18)17-8-4-3-5-9-17/h3-6,8-11H,2,7,12-16H2,1H3. The first-order valence-corrected chi connectivity index (χ1v) is 8.31. The molecule has 1 aliphatic heterocycles. The maximum Gasteiger partial charge on any atom is 0.0705 e. The molecule has 1 saturated heterocycles. The zero-order chi connectivity index (χ0) is 15.2. The van der Waals surface area contributed by atoms with Gasteiger partial charge in [0, 0.05) is 25.2 Å². The van der Waals surface area contributed by atoms with Gasteiger partial charge in [0.15, 0.2) is 0 Å². The van der Waals surface area contributed by atoms with Gasteiger partial charge in [-0.15, -0.1) is 0 Å². The predicted octanol–water partition coefficient (Wildman–Crippen LogP) is 3.28. The number of hydrogen-bond donors (Lipinski definition) is 0. The van der Waals surface area contributed by atoms with Gasteiger partial charge >= 0.3 is 0 Å². The third kappa shape index (κ3) is 3.93. The van der Waals surface area contributed by atoms with E-state index in [4.69, 9.17) is 4.98 Å². The Labute approximate surface area is 133 Å². The van der Waals surface area contributed by atoms with E-state index >= 15 is 0 Å². The first-order chi connectivity index (χ1) is 10.8. The summed E-state index contributed by atoms with van der Waals surface area (Å²) in [5.41, 5.74) is 3.44. The highest BCUT2D eigenvalue weighted by atomic mass is 15.2. The molecule has 3 rings (SSSR count). The number of rotatable bonds is 4. The zero-order valence-corrected chi connectivity index (χ0v) is 13.4. The van der Waals surface area contributed by atoms with E-state index < -0.39 is 0 Å². The van der Waals surface area contributed by atoms with Crippen molar-refractivity contribution in [2.24, 2.45) is 0 Å². The van der Waals surface area contributed by atoms with Crippen LogP contribution in [-0.2, 0) is 6.54 Å². The highest BCUT2D eigenvalue weighted by molar-refractivity contribution is 5.58. The summed E-state index contributed by atoms with van der Waals surface area (Å²) in [6.45, 7) is 9.09. The molecule has 2 aromatic rings. The van der Waals surface area contributed by atoms with Gasteiger partial charge in [-0.2, -0.15) is 0 Å². The van der Waals surface area contributed by atoms with E-state index in [1.165, 1.54) is 37.3 Å². The largest absolute Gasteiger partial charge is 0.302 e. The summed E-state index contributed by atoms with van der Waals surface area (Å²) in [7, 11) is 0. The highest BCUT2D eigenvalue weighted by Gasteiger charge is 2.14. The Morgan fingerprint density at radius 2 is 1.64 bits per heavy atom. The number of benzene rings is 1. The first-order valence-electron chi connectivity index (χ1n) is 8.31. The molecule has 0 unspecified atom stereocenters. The molecule has 1 fully saturated rings. The van der Waals surface area contributed by atoms with Gasteiger partial charge in [-0.3, -0.25) is 9.88 Å². The molecule has 3 nitrogen and oxygen atoms in total. The molecule has 0 aliphatic carbocycles. The molecular weight excluding hydrogens is 270 g/mol. The first kappa shape index (κ1) is 15.2. The summed E-state index contributed by atoms with van der Waals surface area (Å²) in [6, 6.07) is 16.8. The lowest BCUT2D eigenvalue weighted by Crippen LogP contribution is -2.30. The van der Waals surface area contributed by atoms with Crippen LogP contribution in [0.5, 0.6) is 0 Å². The van der Waals surface area contributed by atoms with Gasteiger partial charge in [0.25, 0.3) is 0 Å². The monoisotopic (exact) mass is 295 g/mol. The van der Waals surface area contributed by atoms with Gasteiger partial charge in [0.2, 0.25) is 0 Å². The van der Waals surface area contributed by atoms with Gasteiger partial charge in [0.05, 0.1) is 11.4 Å². The van der Waals surface area contributed by atoms with E-state index in [0.717, 1.165) is 25.3 Å². The van der Waals surface area contributed by atoms with E-state index in [-0.39, 0.29) is 0 Å². The topological polar surface area (TPSA) is 19.4 Å². The van der Waals surface area contributed by atoms with Crippen molar-refractivity contribution in [3.63, 3.8) is 0 Å². The second-order valence-corrected chi connectivity index (χ2v) is 5.94. The predicted molar refractivity (Wildman–Crippen MR) is 91.7 cm³/mol. The molecule has 22 heavy (non-hydrogen) atoms. The van der Waals surface area contributed by atoms with Crippen LogP contribution in [0.3, 0.4) is 0 Å². The van der Waals surface area contributed by atoms with E-state index in [1.807, 2.05) is 6.07 Å². The normalized spacial score (nSPS) is 17.3. The van der Waals surface area contributed by atoms with E-state index in [0.29, 0.717) is 0 Å². The number of pyridine rings is 1. The summed E-state index contributed by atoms with van der Waals surface area (Å²) < 4.78 is 0. The summed E-state index contributed by atoms with van der Waals surface area (Å²) >= 11 is 0.